The summed E-state index contributed by atoms with van der Waals surface area (Å²) < 4.78 is 7.55. The average molecular weight is 486 g/mol. The Balaban J connectivity index is 1.39. The zero-order valence-corrected chi connectivity index (χ0v) is 19.8. The van der Waals surface area contributed by atoms with Crippen molar-refractivity contribution >= 4 is 45.7 Å². The summed E-state index contributed by atoms with van der Waals surface area (Å²) in [5.74, 6) is 1.46. The Kier molecular flexibility index (Phi) is 7.09. The largest absolute Gasteiger partial charge is 0.493 e. The van der Waals surface area contributed by atoms with Gasteiger partial charge in [0.2, 0.25) is 5.91 Å². The molecule has 1 N–H and O–H groups in total. The molecule has 0 aliphatic rings. The molecule has 0 bridgehead atoms. The number of anilines is 1. The molecule has 2 aromatic carbocycles. The molecule has 2 heterocycles. The number of hydrogen-bond acceptors (Lipinski definition) is 7. The number of carbonyl (C=O) groups excluding carboxylic acids is 1. The van der Waals surface area contributed by atoms with Gasteiger partial charge in [0, 0.05) is 23.0 Å². The van der Waals surface area contributed by atoms with Crippen molar-refractivity contribution in [2.45, 2.75) is 12.1 Å². The van der Waals surface area contributed by atoms with Gasteiger partial charge in [0.1, 0.15) is 5.75 Å². The second-order valence-corrected chi connectivity index (χ2v) is 8.91. The molecule has 0 saturated heterocycles. The van der Waals surface area contributed by atoms with Crippen molar-refractivity contribution in [2.75, 3.05) is 17.7 Å². The van der Waals surface area contributed by atoms with E-state index in [1.165, 1.54) is 23.1 Å². The van der Waals surface area contributed by atoms with Gasteiger partial charge < -0.3 is 14.6 Å². The van der Waals surface area contributed by atoms with Crippen LogP contribution in [-0.4, -0.2) is 38.0 Å². The van der Waals surface area contributed by atoms with Crippen molar-refractivity contribution in [1.82, 2.24) is 19.7 Å². The lowest BCUT2D eigenvalue weighted by molar-refractivity contribution is -0.113. The first-order valence-corrected chi connectivity index (χ1v) is 12.0. The highest BCUT2D eigenvalue weighted by Gasteiger charge is 2.16. The normalized spacial score (nSPS) is 10.8. The zero-order valence-electron chi connectivity index (χ0n) is 17.4. The van der Waals surface area contributed by atoms with Crippen LogP contribution in [0.1, 0.15) is 6.92 Å². The molecule has 164 valence electrons. The van der Waals surface area contributed by atoms with Gasteiger partial charge in [-0.05, 0) is 31.2 Å². The van der Waals surface area contributed by atoms with Gasteiger partial charge in [-0.2, -0.15) is 0 Å². The molecular weight excluding hydrogens is 466 g/mol. The standard InChI is InChI=1S/C22H20ClN5O2S2/c1-3-30-18-7-5-4-6-16(18)20-26-27-22(28(20)2)32-13-19(29)25-21-24-17(12-31-21)14-8-10-15(23)11-9-14/h4-12H,3,13H2,1-2H3,(H,24,25,29). The van der Waals surface area contributed by atoms with Crippen LogP contribution in [0.2, 0.25) is 5.02 Å². The molecule has 0 radical (unpaired) electrons. The Labute approximate surface area is 198 Å². The smallest absolute Gasteiger partial charge is 0.236 e. The van der Waals surface area contributed by atoms with Crippen LogP contribution < -0.4 is 10.1 Å². The van der Waals surface area contributed by atoms with Crippen molar-refractivity contribution in [2.24, 2.45) is 7.05 Å². The number of benzene rings is 2. The second kappa shape index (κ2) is 10.2. The molecule has 0 aliphatic heterocycles. The van der Waals surface area contributed by atoms with E-state index in [-0.39, 0.29) is 11.7 Å². The van der Waals surface area contributed by atoms with E-state index in [9.17, 15) is 4.79 Å². The van der Waals surface area contributed by atoms with Crippen molar-refractivity contribution in [3.8, 4) is 28.4 Å². The number of nitrogens with one attached hydrogen (secondary N) is 1. The summed E-state index contributed by atoms with van der Waals surface area (Å²) in [5.41, 5.74) is 2.60. The van der Waals surface area contributed by atoms with Crippen molar-refractivity contribution in [3.05, 3.63) is 58.9 Å². The lowest BCUT2D eigenvalue weighted by Gasteiger charge is -2.09. The van der Waals surface area contributed by atoms with Crippen LogP contribution in [0.5, 0.6) is 5.75 Å². The summed E-state index contributed by atoms with van der Waals surface area (Å²) in [6, 6.07) is 15.1. The Morgan fingerprint density at radius 3 is 2.75 bits per heavy atom. The number of halogens is 1. The molecule has 0 spiro atoms. The van der Waals surface area contributed by atoms with E-state index in [4.69, 9.17) is 16.3 Å². The van der Waals surface area contributed by atoms with Gasteiger partial charge >= 0.3 is 0 Å². The van der Waals surface area contributed by atoms with E-state index < -0.39 is 0 Å². The Morgan fingerprint density at radius 2 is 1.97 bits per heavy atom. The average Bonchev–Trinajstić information content (AvgIpc) is 3.40. The minimum absolute atomic E-state index is 0.161. The highest BCUT2D eigenvalue weighted by Crippen LogP contribution is 2.30. The maximum atomic E-state index is 12.4. The number of amides is 1. The first kappa shape index (κ1) is 22.3. The molecule has 4 rings (SSSR count). The van der Waals surface area contributed by atoms with Crippen LogP contribution in [0.25, 0.3) is 22.6 Å². The topological polar surface area (TPSA) is 81.9 Å². The Hall–Kier alpha value is -2.88. The predicted octanol–water partition coefficient (Wildman–Crippen LogP) is 5.39. The minimum atomic E-state index is -0.161. The van der Waals surface area contributed by atoms with E-state index in [0.717, 1.165) is 22.6 Å². The van der Waals surface area contributed by atoms with Crippen molar-refractivity contribution in [3.63, 3.8) is 0 Å². The fourth-order valence-corrected chi connectivity index (χ4v) is 4.55. The van der Waals surface area contributed by atoms with Crippen LogP contribution in [0.15, 0.2) is 59.1 Å². The Bertz CT molecular complexity index is 1220. The third kappa shape index (κ3) is 5.12. The third-order valence-electron chi connectivity index (χ3n) is 4.49. The predicted molar refractivity (Wildman–Crippen MR) is 130 cm³/mol. The highest BCUT2D eigenvalue weighted by molar-refractivity contribution is 7.99. The number of rotatable bonds is 8. The number of para-hydroxylation sites is 1. The highest BCUT2D eigenvalue weighted by atomic mass is 35.5. The third-order valence-corrected chi connectivity index (χ3v) is 6.52. The van der Waals surface area contributed by atoms with E-state index in [0.29, 0.717) is 27.7 Å². The number of aromatic nitrogens is 4. The molecule has 1 amide bonds. The summed E-state index contributed by atoms with van der Waals surface area (Å²) in [4.78, 5) is 16.9. The number of nitrogens with zero attached hydrogens (tertiary/aromatic N) is 4. The van der Waals surface area contributed by atoms with Crippen LogP contribution >= 0.6 is 34.7 Å². The molecule has 10 heteroatoms. The molecule has 4 aromatic rings. The van der Waals surface area contributed by atoms with Gasteiger partial charge in [0.25, 0.3) is 0 Å². The quantitative estimate of drug-likeness (QED) is 0.337. The van der Waals surface area contributed by atoms with Gasteiger partial charge in [-0.25, -0.2) is 4.98 Å². The summed E-state index contributed by atoms with van der Waals surface area (Å²) in [5, 5.41) is 15.1. The molecular formula is C22H20ClN5O2S2. The first-order chi connectivity index (χ1) is 15.5. The van der Waals surface area contributed by atoms with Crippen molar-refractivity contribution < 1.29 is 9.53 Å². The molecule has 0 fully saturated rings. The summed E-state index contributed by atoms with van der Waals surface area (Å²) in [6.07, 6.45) is 0. The number of thiazole rings is 1. The van der Waals surface area contributed by atoms with Crippen LogP contribution in [0.3, 0.4) is 0 Å². The lowest BCUT2D eigenvalue weighted by atomic mass is 10.2. The van der Waals surface area contributed by atoms with Gasteiger partial charge in [-0.1, -0.05) is 47.6 Å². The van der Waals surface area contributed by atoms with E-state index in [2.05, 4.69) is 20.5 Å². The molecule has 0 saturated carbocycles. The zero-order chi connectivity index (χ0) is 22.5. The van der Waals surface area contributed by atoms with Crippen LogP contribution in [0, 0.1) is 0 Å². The Morgan fingerprint density at radius 1 is 1.19 bits per heavy atom. The number of thioether (sulfide) groups is 1. The van der Waals surface area contributed by atoms with Gasteiger partial charge in [-0.3, -0.25) is 4.79 Å². The second-order valence-electron chi connectivity index (χ2n) is 6.68. The maximum absolute atomic E-state index is 12.4. The van der Waals surface area contributed by atoms with Gasteiger partial charge in [0.05, 0.1) is 23.6 Å². The molecule has 2 aromatic heterocycles. The van der Waals surface area contributed by atoms with Gasteiger partial charge in [0.15, 0.2) is 16.1 Å². The SMILES string of the molecule is CCOc1ccccc1-c1nnc(SCC(=O)Nc2nc(-c3ccc(Cl)cc3)cs2)n1C. The fourth-order valence-electron chi connectivity index (χ4n) is 2.98. The number of hydrogen-bond donors (Lipinski definition) is 1. The van der Waals surface area contributed by atoms with Gasteiger partial charge in [-0.15, -0.1) is 21.5 Å². The fraction of sp³-hybridized carbons (Fsp3) is 0.182. The maximum Gasteiger partial charge on any atom is 0.236 e. The molecule has 0 unspecified atom stereocenters. The van der Waals surface area contributed by atoms with Crippen molar-refractivity contribution in [1.29, 1.82) is 0 Å². The summed E-state index contributed by atoms with van der Waals surface area (Å²) in [7, 11) is 1.87. The molecule has 7 nitrogen and oxygen atoms in total. The van der Waals surface area contributed by atoms with E-state index in [1.54, 1.807) is 0 Å². The first-order valence-electron chi connectivity index (χ1n) is 9.81. The molecule has 0 aliphatic carbocycles. The summed E-state index contributed by atoms with van der Waals surface area (Å²) >= 11 is 8.62. The van der Waals surface area contributed by atoms with Crippen LogP contribution in [-0.2, 0) is 11.8 Å². The number of carbonyl (C=O) groups is 1. The lowest BCUT2D eigenvalue weighted by Crippen LogP contribution is -2.14. The summed E-state index contributed by atoms with van der Waals surface area (Å²) in [6.45, 7) is 2.50. The number of ether oxygens (including phenoxy) is 1. The van der Waals surface area contributed by atoms with E-state index in [1.807, 2.05) is 72.4 Å². The molecule has 0 atom stereocenters. The monoisotopic (exact) mass is 485 g/mol. The molecule has 32 heavy (non-hydrogen) atoms. The van der Waals surface area contributed by atoms with E-state index >= 15 is 0 Å². The van der Waals surface area contributed by atoms with Crippen LogP contribution in [0.4, 0.5) is 5.13 Å². The minimum Gasteiger partial charge on any atom is -0.493 e.